The minimum Gasteiger partial charge on any atom is -0.369 e. The zero-order valence-corrected chi connectivity index (χ0v) is 13.6. The Morgan fingerprint density at radius 2 is 2.05 bits per heavy atom. The summed E-state index contributed by atoms with van der Waals surface area (Å²) >= 11 is 6.04. The van der Waals surface area contributed by atoms with Gasteiger partial charge in [0, 0.05) is 43.4 Å². The highest BCUT2D eigenvalue weighted by Gasteiger charge is 2.25. The first-order valence-corrected chi connectivity index (χ1v) is 8.02. The highest BCUT2D eigenvalue weighted by Crippen LogP contribution is 2.21. The van der Waals surface area contributed by atoms with E-state index in [1.165, 1.54) is 0 Å². The number of hydrogen-bond acceptors (Lipinski definition) is 3. The first-order chi connectivity index (χ1) is 10.1. The van der Waals surface area contributed by atoms with E-state index in [0.29, 0.717) is 0 Å². The van der Waals surface area contributed by atoms with E-state index in [0.717, 1.165) is 49.9 Å². The molecule has 0 radical (unpaired) electrons. The zero-order chi connectivity index (χ0) is 15.2. The highest BCUT2D eigenvalue weighted by molar-refractivity contribution is 6.30. The summed E-state index contributed by atoms with van der Waals surface area (Å²) < 4.78 is 0. The number of nitrogens with one attached hydrogen (secondary N) is 1. The number of carbonyl (C=O) groups is 1. The molecule has 1 amide bonds. The molecule has 0 spiro atoms. The van der Waals surface area contributed by atoms with Gasteiger partial charge in [0.05, 0.1) is 6.04 Å². The van der Waals surface area contributed by atoms with Gasteiger partial charge in [0.25, 0.3) is 0 Å². The molecule has 116 valence electrons. The lowest BCUT2D eigenvalue weighted by molar-refractivity contribution is -0.126. The van der Waals surface area contributed by atoms with E-state index in [9.17, 15) is 4.79 Å². The second-order valence-electron chi connectivity index (χ2n) is 5.47. The fourth-order valence-corrected chi connectivity index (χ4v) is 2.79. The molecule has 0 bridgehead atoms. The molecule has 1 aromatic carbocycles. The van der Waals surface area contributed by atoms with E-state index < -0.39 is 0 Å². The molecular formula is C16H24ClN3O. The summed E-state index contributed by atoms with van der Waals surface area (Å²) in [7, 11) is 0. The Morgan fingerprint density at radius 1 is 1.33 bits per heavy atom. The molecule has 1 saturated heterocycles. The molecule has 0 aromatic heterocycles. The summed E-state index contributed by atoms with van der Waals surface area (Å²) in [6.07, 6.45) is 0.973. The summed E-state index contributed by atoms with van der Waals surface area (Å²) in [6, 6.07) is 7.89. The van der Waals surface area contributed by atoms with Gasteiger partial charge >= 0.3 is 0 Å². The molecule has 1 aliphatic rings. The van der Waals surface area contributed by atoms with Crippen LogP contribution in [-0.2, 0) is 4.79 Å². The zero-order valence-electron chi connectivity index (χ0n) is 12.8. The quantitative estimate of drug-likeness (QED) is 0.907. The van der Waals surface area contributed by atoms with E-state index in [1.54, 1.807) is 0 Å². The number of benzene rings is 1. The highest BCUT2D eigenvalue weighted by atomic mass is 35.5. The number of carbonyl (C=O) groups excluding carboxylic acids is 1. The molecule has 1 aliphatic heterocycles. The standard InChI is InChI=1S/C16H24ClN3O/c1-3-7-18-16(21)13(2)19-8-10-20(11-9-19)15-6-4-5-14(17)12-15/h4-6,12-13H,3,7-11H2,1-2H3,(H,18,21). The number of rotatable bonds is 5. The van der Waals surface area contributed by atoms with E-state index in [1.807, 2.05) is 25.1 Å². The Bertz CT molecular complexity index is 472. The first-order valence-electron chi connectivity index (χ1n) is 7.64. The van der Waals surface area contributed by atoms with Crippen LogP contribution in [0.15, 0.2) is 24.3 Å². The topological polar surface area (TPSA) is 35.6 Å². The Kier molecular flexibility index (Phi) is 5.88. The number of piperazine rings is 1. The monoisotopic (exact) mass is 309 g/mol. The van der Waals surface area contributed by atoms with Gasteiger partial charge in [-0.3, -0.25) is 9.69 Å². The van der Waals surface area contributed by atoms with Gasteiger partial charge < -0.3 is 10.2 Å². The van der Waals surface area contributed by atoms with Crippen molar-refractivity contribution >= 4 is 23.2 Å². The van der Waals surface area contributed by atoms with Crippen molar-refractivity contribution in [1.82, 2.24) is 10.2 Å². The second-order valence-corrected chi connectivity index (χ2v) is 5.91. The van der Waals surface area contributed by atoms with Crippen LogP contribution in [0, 0.1) is 0 Å². The maximum Gasteiger partial charge on any atom is 0.237 e. The molecule has 4 nitrogen and oxygen atoms in total. The third-order valence-corrected chi connectivity index (χ3v) is 4.20. The summed E-state index contributed by atoms with van der Waals surface area (Å²) in [6.45, 7) is 8.44. The number of hydrogen-bond donors (Lipinski definition) is 1. The van der Waals surface area contributed by atoms with Crippen LogP contribution < -0.4 is 10.2 Å². The minimum atomic E-state index is -0.0574. The van der Waals surface area contributed by atoms with E-state index >= 15 is 0 Å². The van der Waals surface area contributed by atoms with E-state index in [4.69, 9.17) is 11.6 Å². The van der Waals surface area contributed by atoms with E-state index in [-0.39, 0.29) is 11.9 Å². The lowest BCUT2D eigenvalue weighted by atomic mass is 10.2. The SMILES string of the molecule is CCCNC(=O)C(C)N1CCN(c2cccc(Cl)c2)CC1. The van der Waals surface area contributed by atoms with Crippen LogP contribution in [-0.4, -0.2) is 49.6 Å². The van der Waals surface area contributed by atoms with Gasteiger partial charge in [-0.15, -0.1) is 0 Å². The van der Waals surface area contributed by atoms with Crippen molar-refractivity contribution in [1.29, 1.82) is 0 Å². The summed E-state index contributed by atoms with van der Waals surface area (Å²) in [5.41, 5.74) is 1.16. The van der Waals surface area contributed by atoms with Crippen LogP contribution in [0.3, 0.4) is 0 Å². The Hall–Kier alpha value is -1.26. The first kappa shape index (κ1) is 16.1. The smallest absolute Gasteiger partial charge is 0.237 e. The third-order valence-electron chi connectivity index (χ3n) is 3.96. The Morgan fingerprint density at radius 3 is 2.67 bits per heavy atom. The molecule has 2 rings (SSSR count). The predicted octanol–water partition coefficient (Wildman–Crippen LogP) is 2.38. The van der Waals surface area contributed by atoms with Gasteiger partial charge in [0.2, 0.25) is 5.91 Å². The van der Waals surface area contributed by atoms with E-state index in [2.05, 4.69) is 28.1 Å². The normalized spacial score (nSPS) is 17.6. The molecule has 0 saturated carbocycles. The van der Waals surface area contributed by atoms with Crippen molar-refractivity contribution in [2.45, 2.75) is 26.3 Å². The van der Waals surface area contributed by atoms with Gasteiger partial charge in [0.15, 0.2) is 0 Å². The van der Waals surface area contributed by atoms with Crippen molar-refractivity contribution in [3.63, 3.8) is 0 Å². The molecule has 1 unspecified atom stereocenters. The fourth-order valence-electron chi connectivity index (χ4n) is 2.60. The van der Waals surface area contributed by atoms with Crippen molar-refractivity contribution in [3.8, 4) is 0 Å². The predicted molar refractivity (Wildman–Crippen MR) is 88.0 cm³/mol. The number of anilines is 1. The van der Waals surface area contributed by atoms with Crippen LogP contribution >= 0.6 is 11.6 Å². The minimum absolute atomic E-state index is 0.0574. The van der Waals surface area contributed by atoms with Crippen LogP contribution in [0.25, 0.3) is 0 Å². The van der Waals surface area contributed by atoms with Crippen molar-refractivity contribution in [2.75, 3.05) is 37.6 Å². The van der Waals surface area contributed by atoms with Gasteiger partial charge in [-0.1, -0.05) is 24.6 Å². The molecule has 5 heteroatoms. The third kappa shape index (κ3) is 4.35. The molecule has 1 N–H and O–H groups in total. The van der Waals surface area contributed by atoms with Crippen LogP contribution in [0.5, 0.6) is 0 Å². The lowest BCUT2D eigenvalue weighted by Crippen LogP contribution is -2.54. The van der Waals surface area contributed by atoms with Gasteiger partial charge in [-0.25, -0.2) is 0 Å². The van der Waals surface area contributed by atoms with Crippen molar-refractivity contribution in [3.05, 3.63) is 29.3 Å². The van der Waals surface area contributed by atoms with Gasteiger partial charge in [-0.05, 0) is 31.5 Å². The Balaban J connectivity index is 1.86. The maximum atomic E-state index is 12.0. The molecule has 1 aromatic rings. The maximum absolute atomic E-state index is 12.0. The van der Waals surface area contributed by atoms with Gasteiger partial charge in [-0.2, -0.15) is 0 Å². The molecule has 21 heavy (non-hydrogen) atoms. The van der Waals surface area contributed by atoms with Crippen molar-refractivity contribution in [2.24, 2.45) is 0 Å². The summed E-state index contributed by atoms with van der Waals surface area (Å²) in [5, 5.41) is 3.73. The Labute approximate surface area is 132 Å². The van der Waals surface area contributed by atoms with Crippen LogP contribution in [0.2, 0.25) is 5.02 Å². The molecule has 1 atom stereocenters. The number of halogens is 1. The summed E-state index contributed by atoms with van der Waals surface area (Å²) in [5.74, 6) is 0.132. The molecular weight excluding hydrogens is 286 g/mol. The molecule has 1 heterocycles. The molecule has 0 aliphatic carbocycles. The average molecular weight is 310 g/mol. The van der Waals surface area contributed by atoms with Crippen molar-refractivity contribution < 1.29 is 4.79 Å². The number of nitrogens with zero attached hydrogens (tertiary/aromatic N) is 2. The molecule has 1 fully saturated rings. The van der Waals surface area contributed by atoms with Crippen LogP contribution in [0.1, 0.15) is 20.3 Å². The average Bonchev–Trinajstić information content (AvgIpc) is 2.52. The van der Waals surface area contributed by atoms with Crippen LogP contribution in [0.4, 0.5) is 5.69 Å². The summed E-state index contributed by atoms with van der Waals surface area (Å²) in [4.78, 5) is 16.6. The fraction of sp³-hybridized carbons (Fsp3) is 0.562. The second kappa shape index (κ2) is 7.66. The largest absolute Gasteiger partial charge is 0.369 e. The van der Waals surface area contributed by atoms with Gasteiger partial charge in [0.1, 0.15) is 0 Å². The number of amides is 1. The lowest BCUT2D eigenvalue weighted by Gasteiger charge is -2.38.